The molecule has 2 aromatic carbocycles. The second-order valence-corrected chi connectivity index (χ2v) is 8.37. The number of likely N-dealkylation sites (tertiary alicyclic amines) is 1. The van der Waals surface area contributed by atoms with Gasteiger partial charge in [0.05, 0.1) is 5.75 Å². The van der Waals surface area contributed by atoms with Crippen molar-refractivity contribution >= 4 is 35.2 Å². The molecule has 0 aromatic heterocycles. The van der Waals surface area contributed by atoms with Crippen molar-refractivity contribution in [2.24, 2.45) is 0 Å². The molecule has 0 saturated carbocycles. The predicted octanol–water partition coefficient (Wildman–Crippen LogP) is 4.52. The van der Waals surface area contributed by atoms with Crippen molar-refractivity contribution in [1.82, 2.24) is 10.2 Å². The Hall–Kier alpha value is -1.98. The van der Waals surface area contributed by atoms with E-state index in [1.807, 2.05) is 53.4 Å². The first kappa shape index (κ1) is 20.7. The Balaban J connectivity index is 1.45. The van der Waals surface area contributed by atoms with Gasteiger partial charge >= 0.3 is 0 Å². The fourth-order valence-corrected chi connectivity index (χ4v) is 4.25. The van der Waals surface area contributed by atoms with Crippen LogP contribution in [0.15, 0.2) is 48.5 Å². The van der Waals surface area contributed by atoms with Crippen molar-refractivity contribution in [3.8, 4) is 0 Å². The maximum atomic E-state index is 12.6. The Morgan fingerprint density at radius 3 is 2.54 bits per heavy atom. The second kappa shape index (κ2) is 10.5. The highest BCUT2D eigenvalue weighted by atomic mass is 35.5. The van der Waals surface area contributed by atoms with Gasteiger partial charge in [0.2, 0.25) is 5.91 Å². The van der Waals surface area contributed by atoms with Crippen molar-refractivity contribution in [2.75, 3.05) is 18.8 Å². The number of amides is 2. The maximum absolute atomic E-state index is 12.6. The summed E-state index contributed by atoms with van der Waals surface area (Å²) in [6.07, 6.45) is 3.36. The summed E-state index contributed by atoms with van der Waals surface area (Å²) in [4.78, 5) is 26.6. The standard InChI is InChI=1S/C22H25ClN2O2S/c23-20-9-5-7-18(13-20)15-28-16-21(26)24-14-17-6-4-8-19(12-17)22(27)25-10-2-1-3-11-25/h4-9,12-13H,1-3,10-11,14-16H2,(H,24,26). The molecule has 2 amide bonds. The van der Waals surface area contributed by atoms with Gasteiger partial charge in [0.1, 0.15) is 0 Å². The fourth-order valence-electron chi connectivity index (χ4n) is 3.23. The van der Waals surface area contributed by atoms with Crippen LogP contribution in [-0.2, 0) is 17.1 Å². The van der Waals surface area contributed by atoms with Gasteiger partial charge in [-0.3, -0.25) is 9.59 Å². The van der Waals surface area contributed by atoms with Gasteiger partial charge in [-0.15, -0.1) is 11.8 Å². The molecular formula is C22H25ClN2O2S. The minimum Gasteiger partial charge on any atom is -0.351 e. The van der Waals surface area contributed by atoms with Crippen LogP contribution in [0, 0.1) is 0 Å². The lowest BCUT2D eigenvalue weighted by atomic mass is 10.1. The first-order valence-corrected chi connectivity index (χ1v) is 11.1. The number of nitrogens with zero attached hydrogens (tertiary/aromatic N) is 1. The van der Waals surface area contributed by atoms with Crippen LogP contribution in [0.5, 0.6) is 0 Å². The second-order valence-electron chi connectivity index (χ2n) is 6.95. The van der Waals surface area contributed by atoms with E-state index in [2.05, 4.69) is 5.32 Å². The predicted molar refractivity (Wildman–Crippen MR) is 116 cm³/mol. The number of rotatable bonds is 7. The highest BCUT2D eigenvalue weighted by Crippen LogP contribution is 2.17. The summed E-state index contributed by atoms with van der Waals surface area (Å²) in [7, 11) is 0. The van der Waals surface area contributed by atoms with E-state index < -0.39 is 0 Å². The van der Waals surface area contributed by atoms with E-state index in [-0.39, 0.29) is 11.8 Å². The summed E-state index contributed by atoms with van der Waals surface area (Å²) in [5.74, 6) is 1.21. The highest BCUT2D eigenvalue weighted by molar-refractivity contribution is 7.99. The summed E-state index contributed by atoms with van der Waals surface area (Å²) in [6, 6.07) is 15.2. The molecule has 0 aliphatic carbocycles. The van der Waals surface area contributed by atoms with Gasteiger partial charge in [-0.1, -0.05) is 35.9 Å². The molecule has 1 heterocycles. The van der Waals surface area contributed by atoms with Gasteiger partial charge in [-0.05, 0) is 54.7 Å². The third-order valence-electron chi connectivity index (χ3n) is 4.70. The number of hydrogen-bond acceptors (Lipinski definition) is 3. The molecule has 0 radical (unpaired) electrons. The van der Waals surface area contributed by atoms with E-state index in [4.69, 9.17) is 11.6 Å². The molecule has 0 spiro atoms. The Bertz CT molecular complexity index is 822. The van der Waals surface area contributed by atoms with Gasteiger partial charge in [0, 0.05) is 36.0 Å². The fraction of sp³-hybridized carbons (Fsp3) is 0.364. The topological polar surface area (TPSA) is 49.4 Å². The number of carbonyl (C=O) groups excluding carboxylic acids is 2. The number of benzene rings is 2. The van der Waals surface area contributed by atoms with Crippen LogP contribution in [0.4, 0.5) is 0 Å². The van der Waals surface area contributed by atoms with Crippen LogP contribution in [0.2, 0.25) is 5.02 Å². The van der Waals surface area contributed by atoms with E-state index in [1.54, 1.807) is 11.8 Å². The molecule has 4 nitrogen and oxygen atoms in total. The Labute approximate surface area is 175 Å². The molecule has 1 fully saturated rings. The summed E-state index contributed by atoms with van der Waals surface area (Å²) < 4.78 is 0. The van der Waals surface area contributed by atoms with Crippen LogP contribution >= 0.6 is 23.4 Å². The van der Waals surface area contributed by atoms with E-state index in [0.717, 1.165) is 42.8 Å². The summed E-state index contributed by atoms with van der Waals surface area (Å²) in [5, 5.41) is 3.64. The zero-order valence-electron chi connectivity index (χ0n) is 15.8. The van der Waals surface area contributed by atoms with E-state index in [9.17, 15) is 9.59 Å². The van der Waals surface area contributed by atoms with Gasteiger partial charge in [0.25, 0.3) is 5.91 Å². The number of piperidine rings is 1. The highest BCUT2D eigenvalue weighted by Gasteiger charge is 2.18. The maximum Gasteiger partial charge on any atom is 0.253 e. The molecule has 1 aliphatic heterocycles. The number of thioether (sulfide) groups is 1. The molecular weight excluding hydrogens is 392 g/mol. The van der Waals surface area contributed by atoms with Crippen molar-refractivity contribution in [3.63, 3.8) is 0 Å². The van der Waals surface area contributed by atoms with Crippen LogP contribution in [0.25, 0.3) is 0 Å². The van der Waals surface area contributed by atoms with Crippen molar-refractivity contribution in [1.29, 1.82) is 0 Å². The van der Waals surface area contributed by atoms with Crippen molar-refractivity contribution in [2.45, 2.75) is 31.6 Å². The molecule has 6 heteroatoms. The minimum atomic E-state index is -0.0141. The molecule has 28 heavy (non-hydrogen) atoms. The lowest BCUT2D eigenvalue weighted by Gasteiger charge is -2.26. The average Bonchev–Trinajstić information content (AvgIpc) is 2.73. The van der Waals surface area contributed by atoms with E-state index in [0.29, 0.717) is 22.9 Å². The monoisotopic (exact) mass is 416 g/mol. The molecule has 148 valence electrons. The lowest BCUT2D eigenvalue weighted by molar-refractivity contribution is -0.118. The van der Waals surface area contributed by atoms with Crippen LogP contribution in [-0.4, -0.2) is 35.6 Å². The third-order valence-corrected chi connectivity index (χ3v) is 5.94. The molecule has 0 unspecified atom stereocenters. The molecule has 0 bridgehead atoms. The summed E-state index contributed by atoms with van der Waals surface area (Å²) in [5.41, 5.74) is 2.74. The van der Waals surface area contributed by atoms with Crippen LogP contribution < -0.4 is 5.32 Å². The van der Waals surface area contributed by atoms with Crippen LogP contribution in [0.1, 0.15) is 40.7 Å². The van der Waals surface area contributed by atoms with Gasteiger partial charge in [-0.25, -0.2) is 0 Å². The third kappa shape index (κ3) is 6.28. The first-order chi connectivity index (χ1) is 13.6. The SMILES string of the molecule is O=C(CSCc1cccc(Cl)c1)NCc1cccc(C(=O)N2CCCCC2)c1. The Morgan fingerprint density at radius 2 is 1.75 bits per heavy atom. The number of hydrogen-bond donors (Lipinski definition) is 1. The van der Waals surface area contributed by atoms with Gasteiger partial charge in [0.15, 0.2) is 0 Å². The first-order valence-electron chi connectivity index (χ1n) is 9.59. The van der Waals surface area contributed by atoms with Gasteiger partial charge in [-0.2, -0.15) is 0 Å². The average molecular weight is 417 g/mol. The summed E-state index contributed by atoms with van der Waals surface area (Å²) >= 11 is 7.53. The molecule has 0 atom stereocenters. The molecule has 3 rings (SSSR count). The molecule has 1 saturated heterocycles. The molecule has 1 N–H and O–H groups in total. The lowest BCUT2D eigenvalue weighted by Crippen LogP contribution is -2.35. The van der Waals surface area contributed by atoms with E-state index >= 15 is 0 Å². The normalized spacial score (nSPS) is 14.0. The Kier molecular flexibility index (Phi) is 7.80. The number of carbonyl (C=O) groups is 2. The zero-order chi connectivity index (χ0) is 19.8. The summed E-state index contributed by atoms with van der Waals surface area (Å²) in [6.45, 7) is 2.10. The largest absolute Gasteiger partial charge is 0.351 e. The molecule has 1 aliphatic rings. The Morgan fingerprint density at radius 1 is 1.00 bits per heavy atom. The van der Waals surface area contributed by atoms with Crippen LogP contribution in [0.3, 0.4) is 0 Å². The quantitative estimate of drug-likeness (QED) is 0.722. The zero-order valence-corrected chi connectivity index (χ0v) is 17.4. The minimum absolute atomic E-state index is 0.0141. The smallest absolute Gasteiger partial charge is 0.253 e. The van der Waals surface area contributed by atoms with E-state index in [1.165, 1.54) is 6.42 Å². The van der Waals surface area contributed by atoms with Crippen molar-refractivity contribution < 1.29 is 9.59 Å². The van der Waals surface area contributed by atoms with Crippen molar-refractivity contribution in [3.05, 3.63) is 70.2 Å². The number of halogens is 1. The molecule has 2 aromatic rings. The van der Waals surface area contributed by atoms with Gasteiger partial charge < -0.3 is 10.2 Å². The number of nitrogens with one attached hydrogen (secondary N) is 1.